The first kappa shape index (κ1) is 11.7. The van der Waals surface area contributed by atoms with Gasteiger partial charge in [0.15, 0.2) is 0 Å². The van der Waals surface area contributed by atoms with Crippen LogP contribution in [0.4, 0.5) is 0 Å². The lowest BCUT2D eigenvalue weighted by molar-refractivity contribution is -0.118. The van der Waals surface area contributed by atoms with E-state index < -0.39 is 0 Å². The van der Waals surface area contributed by atoms with Crippen molar-refractivity contribution in [3.05, 3.63) is 66.2 Å². The Morgan fingerprint density at radius 1 is 0.941 bits per heavy atom. The fourth-order valence-electron chi connectivity index (χ4n) is 1.42. The molecule has 2 nitrogen and oxygen atoms in total. The maximum atomic E-state index is 11.7. The molecule has 0 fully saturated rings. The minimum Gasteiger partial charge on any atom is -0.296 e. The highest BCUT2D eigenvalue weighted by Crippen LogP contribution is 2.13. The van der Waals surface area contributed by atoms with Crippen LogP contribution in [0.2, 0.25) is 0 Å². The van der Waals surface area contributed by atoms with Crippen molar-refractivity contribution >= 4 is 17.9 Å². The summed E-state index contributed by atoms with van der Waals surface area (Å²) in [5, 5.41) is 0. The van der Waals surface area contributed by atoms with Crippen LogP contribution in [-0.4, -0.2) is 5.91 Å². The molecule has 1 N–H and O–H groups in total. The predicted molar refractivity (Wildman–Crippen MR) is 70.6 cm³/mol. The molecule has 0 saturated carbocycles. The Kier molecular flexibility index (Phi) is 4.22. The van der Waals surface area contributed by atoms with Crippen LogP contribution in [0.25, 0.3) is 0 Å². The Hall–Kier alpha value is -1.74. The summed E-state index contributed by atoms with van der Waals surface area (Å²) in [6.07, 6.45) is 0.417. The third-order valence-electron chi connectivity index (χ3n) is 2.23. The molecule has 0 aromatic heterocycles. The van der Waals surface area contributed by atoms with E-state index in [-0.39, 0.29) is 5.91 Å². The fourth-order valence-corrected chi connectivity index (χ4v) is 2.02. The molecule has 1 amide bonds. The molecule has 0 aliphatic carbocycles. The van der Waals surface area contributed by atoms with Crippen LogP contribution in [0.3, 0.4) is 0 Å². The molecule has 2 aromatic carbocycles. The van der Waals surface area contributed by atoms with Crippen molar-refractivity contribution in [3.8, 4) is 0 Å². The molecule has 0 saturated heterocycles. The molecule has 2 rings (SSSR count). The van der Waals surface area contributed by atoms with Crippen molar-refractivity contribution in [2.24, 2.45) is 0 Å². The van der Waals surface area contributed by atoms with Gasteiger partial charge in [-0.25, -0.2) is 0 Å². The summed E-state index contributed by atoms with van der Waals surface area (Å²) in [6.45, 7) is 0. The topological polar surface area (TPSA) is 29.1 Å². The van der Waals surface area contributed by atoms with E-state index in [0.717, 1.165) is 10.5 Å². The van der Waals surface area contributed by atoms with Gasteiger partial charge in [-0.2, -0.15) is 0 Å². The summed E-state index contributed by atoms with van der Waals surface area (Å²) in [6, 6.07) is 19.5. The maximum absolute atomic E-state index is 11.7. The Balaban J connectivity index is 1.83. The van der Waals surface area contributed by atoms with Crippen molar-refractivity contribution in [1.29, 1.82) is 0 Å². The first-order valence-corrected chi connectivity index (χ1v) is 6.21. The van der Waals surface area contributed by atoms with Gasteiger partial charge in [-0.1, -0.05) is 48.5 Å². The zero-order chi connectivity index (χ0) is 11.9. The Bertz CT molecular complexity index is 470. The van der Waals surface area contributed by atoms with Gasteiger partial charge >= 0.3 is 0 Å². The number of hydrogen-bond donors (Lipinski definition) is 1. The standard InChI is InChI=1S/C14H13NOS/c16-14(11-12-7-3-1-4-8-12)15-17-13-9-5-2-6-10-13/h1-10H,11H2,(H,15,16). The van der Waals surface area contributed by atoms with Crippen molar-refractivity contribution in [1.82, 2.24) is 4.72 Å². The highest BCUT2D eigenvalue weighted by Gasteiger charge is 2.02. The van der Waals surface area contributed by atoms with Gasteiger partial charge in [-0.3, -0.25) is 9.52 Å². The lowest BCUT2D eigenvalue weighted by Gasteiger charge is -2.04. The van der Waals surface area contributed by atoms with Gasteiger partial charge in [-0.15, -0.1) is 0 Å². The highest BCUT2D eigenvalue weighted by molar-refractivity contribution is 7.98. The lowest BCUT2D eigenvalue weighted by Crippen LogP contribution is -2.17. The maximum Gasteiger partial charge on any atom is 0.234 e. The van der Waals surface area contributed by atoms with Crippen molar-refractivity contribution < 1.29 is 4.79 Å². The second-order valence-electron chi connectivity index (χ2n) is 3.60. The number of amides is 1. The van der Waals surface area contributed by atoms with E-state index in [4.69, 9.17) is 0 Å². The molecule has 0 radical (unpaired) electrons. The van der Waals surface area contributed by atoms with Gasteiger partial charge in [0.25, 0.3) is 0 Å². The summed E-state index contributed by atoms with van der Waals surface area (Å²) in [5.74, 6) is 0.0186. The average Bonchev–Trinajstić information content (AvgIpc) is 2.39. The third kappa shape index (κ3) is 3.96. The van der Waals surface area contributed by atoms with Crippen LogP contribution in [0.5, 0.6) is 0 Å². The zero-order valence-electron chi connectivity index (χ0n) is 9.30. The Morgan fingerprint density at radius 3 is 2.18 bits per heavy atom. The number of hydrogen-bond acceptors (Lipinski definition) is 2. The first-order chi connectivity index (χ1) is 8.34. The van der Waals surface area contributed by atoms with Gasteiger partial charge in [0.2, 0.25) is 5.91 Å². The predicted octanol–water partition coefficient (Wildman–Crippen LogP) is 3.05. The van der Waals surface area contributed by atoms with Crippen molar-refractivity contribution in [2.75, 3.05) is 0 Å². The lowest BCUT2D eigenvalue weighted by atomic mass is 10.1. The third-order valence-corrected chi connectivity index (χ3v) is 3.07. The molecule has 2 aromatic rings. The average molecular weight is 243 g/mol. The van der Waals surface area contributed by atoms with E-state index in [1.165, 1.54) is 11.9 Å². The van der Waals surface area contributed by atoms with Crippen LogP contribution in [0, 0.1) is 0 Å². The van der Waals surface area contributed by atoms with Crippen LogP contribution in [0.15, 0.2) is 65.6 Å². The SMILES string of the molecule is O=C(Cc1ccccc1)NSc1ccccc1. The van der Waals surface area contributed by atoms with Gasteiger partial charge < -0.3 is 0 Å². The number of benzene rings is 2. The van der Waals surface area contributed by atoms with E-state index in [1.807, 2.05) is 60.7 Å². The quantitative estimate of drug-likeness (QED) is 0.836. The number of rotatable bonds is 4. The van der Waals surface area contributed by atoms with Crippen LogP contribution in [0.1, 0.15) is 5.56 Å². The normalized spacial score (nSPS) is 9.88. The molecular formula is C14H13NOS. The first-order valence-electron chi connectivity index (χ1n) is 5.39. The number of carbonyl (C=O) groups is 1. The number of carbonyl (C=O) groups excluding carboxylic acids is 1. The molecule has 0 spiro atoms. The molecule has 0 heterocycles. The molecule has 86 valence electrons. The van der Waals surface area contributed by atoms with E-state index in [0.29, 0.717) is 6.42 Å². The van der Waals surface area contributed by atoms with Crippen LogP contribution in [-0.2, 0) is 11.2 Å². The molecule has 3 heteroatoms. The Labute approximate surface area is 105 Å². The molecule has 0 atom stereocenters. The molecule has 0 unspecified atom stereocenters. The minimum absolute atomic E-state index is 0.0186. The summed E-state index contributed by atoms with van der Waals surface area (Å²) >= 11 is 1.35. The van der Waals surface area contributed by atoms with E-state index >= 15 is 0 Å². The van der Waals surface area contributed by atoms with E-state index in [9.17, 15) is 4.79 Å². The minimum atomic E-state index is 0.0186. The largest absolute Gasteiger partial charge is 0.296 e. The summed E-state index contributed by atoms with van der Waals surface area (Å²) in [5.41, 5.74) is 1.03. The molecule has 0 aliphatic heterocycles. The van der Waals surface area contributed by atoms with E-state index in [2.05, 4.69) is 4.72 Å². The van der Waals surface area contributed by atoms with E-state index in [1.54, 1.807) is 0 Å². The second-order valence-corrected chi connectivity index (χ2v) is 4.48. The van der Waals surface area contributed by atoms with Gasteiger partial charge in [-0.05, 0) is 29.6 Å². The monoisotopic (exact) mass is 243 g/mol. The van der Waals surface area contributed by atoms with Crippen molar-refractivity contribution in [3.63, 3.8) is 0 Å². The molecular weight excluding hydrogens is 230 g/mol. The fraction of sp³-hybridized carbons (Fsp3) is 0.0714. The van der Waals surface area contributed by atoms with Gasteiger partial charge in [0.1, 0.15) is 0 Å². The zero-order valence-corrected chi connectivity index (χ0v) is 10.1. The summed E-state index contributed by atoms with van der Waals surface area (Å²) < 4.78 is 2.83. The summed E-state index contributed by atoms with van der Waals surface area (Å²) in [4.78, 5) is 12.7. The number of nitrogens with one attached hydrogen (secondary N) is 1. The van der Waals surface area contributed by atoms with Crippen LogP contribution >= 0.6 is 11.9 Å². The molecule has 0 bridgehead atoms. The van der Waals surface area contributed by atoms with Gasteiger partial charge in [0, 0.05) is 4.90 Å². The second kappa shape index (κ2) is 6.11. The van der Waals surface area contributed by atoms with Gasteiger partial charge in [0.05, 0.1) is 6.42 Å². The van der Waals surface area contributed by atoms with Crippen molar-refractivity contribution in [2.45, 2.75) is 11.3 Å². The smallest absolute Gasteiger partial charge is 0.234 e. The Morgan fingerprint density at radius 2 is 1.53 bits per heavy atom. The molecule has 0 aliphatic rings. The van der Waals surface area contributed by atoms with Crippen LogP contribution < -0.4 is 4.72 Å². The highest BCUT2D eigenvalue weighted by atomic mass is 32.2. The molecule has 17 heavy (non-hydrogen) atoms. The summed E-state index contributed by atoms with van der Waals surface area (Å²) in [7, 11) is 0.